The molecule has 1 aliphatic carbocycles. The lowest BCUT2D eigenvalue weighted by Gasteiger charge is -2.28. The Morgan fingerprint density at radius 3 is 2.68 bits per heavy atom. The van der Waals surface area contributed by atoms with Crippen LogP contribution in [0.2, 0.25) is 0 Å². The first-order valence-corrected chi connectivity index (χ1v) is 9.48. The van der Waals surface area contributed by atoms with Crippen LogP contribution in [-0.4, -0.2) is 53.9 Å². The van der Waals surface area contributed by atoms with E-state index in [4.69, 9.17) is 0 Å². The molecular formula is C14H22N4O3S. The lowest BCUT2D eigenvalue weighted by molar-refractivity contribution is -0.133. The Kier molecular flexibility index (Phi) is 3.98. The van der Waals surface area contributed by atoms with E-state index in [0.717, 1.165) is 18.4 Å². The molecule has 0 radical (unpaired) electrons. The maximum absolute atomic E-state index is 12.5. The number of nitrogens with zero attached hydrogens (tertiary/aromatic N) is 3. The van der Waals surface area contributed by atoms with Gasteiger partial charge in [-0.1, -0.05) is 0 Å². The molecule has 8 heteroatoms. The number of carbonyl (C=O) groups is 1. The fourth-order valence-electron chi connectivity index (χ4n) is 3.18. The third-order valence-corrected chi connectivity index (χ3v) is 5.06. The zero-order valence-corrected chi connectivity index (χ0v) is 13.7. The molecule has 2 atom stereocenters. The molecule has 1 saturated heterocycles. The van der Waals surface area contributed by atoms with Crippen LogP contribution in [0.4, 0.5) is 0 Å². The molecule has 1 aromatic rings. The van der Waals surface area contributed by atoms with Gasteiger partial charge in [0.25, 0.3) is 0 Å². The Balaban J connectivity index is 1.79. The van der Waals surface area contributed by atoms with Gasteiger partial charge >= 0.3 is 0 Å². The van der Waals surface area contributed by atoms with E-state index in [2.05, 4.69) is 9.82 Å². The van der Waals surface area contributed by atoms with Crippen molar-refractivity contribution in [2.24, 2.45) is 13.0 Å². The largest absolute Gasteiger partial charge is 0.337 e. The predicted octanol–water partition coefficient (Wildman–Crippen LogP) is -0.109. The molecule has 2 aliphatic rings. The van der Waals surface area contributed by atoms with Gasteiger partial charge in [0.15, 0.2) is 0 Å². The maximum atomic E-state index is 12.5. The molecule has 2 heterocycles. The number of hydrogen-bond donors (Lipinski definition) is 1. The number of rotatable bonds is 5. The molecule has 1 saturated carbocycles. The van der Waals surface area contributed by atoms with Crippen LogP contribution < -0.4 is 4.72 Å². The van der Waals surface area contributed by atoms with E-state index in [1.54, 1.807) is 10.9 Å². The van der Waals surface area contributed by atoms with E-state index in [9.17, 15) is 13.2 Å². The second-order valence-corrected chi connectivity index (χ2v) is 8.16. The molecule has 7 nitrogen and oxygen atoms in total. The Hall–Kier alpha value is -1.41. The fraction of sp³-hybridized carbons (Fsp3) is 0.714. The normalized spacial score (nSPS) is 25.6. The monoisotopic (exact) mass is 326 g/mol. The van der Waals surface area contributed by atoms with E-state index < -0.39 is 10.0 Å². The second kappa shape index (κ2) is 5.66. The van der Waals surface area contributed by atoms with Crippen LogP contribution in [0.25, 0.3) is 0 Å². The molecule has 122 valence electrons. The predicted molar refractivity (Wildman–Crippen MR) is 81.5 cm³/mol. The van der Waals surface area contributed by atoms with E-state index in [1.165, 1.54) is 6.26 Å². The number of sulfonamides is 1. The van der Waals surface area contributed by atoms with Gasteiger partial charge in [0.2, 0.25) is 15.9 Å². The number of aryl methyl sites for hydroxylation is 1. The van der Waals surface area contributed by atoms with E-state index in [-0.39, 0.29) is 23.9 Å². The molecular weight excluding hydrogens is 304 g/mol. The molecule has 1 amide bonds. The smallest absolute Gasteiger partial charge is 0.225 e. The summed E-state index contributed by atoms with van der Waals surface area (Å²) in [6.07, 6.45) is 8.05. The average Bonchev–Trinajstić information content (AvgIpc) is 3.09. The van der Waals surface area contributed by atoms with Crippen molar-refractivity contribution in [1.82, 2.24) is 19.4 Å². The summed E-state index contributed by atoms with van der Waals surface area (Å²) in [6, 6.07) is -0.357. The van der Waals surface area contributed by atoms with Gasteiger partial charge in [0.1, 0.15) is 0 Å². The Morgan fingerprint density at radius 1 is 1.41 bits per heavy atom. The number of carbonyl (C=O) groups excluding carboxylic acids is 1. The van der Waals surface area contributed by atoms with Crippen molar-refractivity contribution >= 4 is 15.9 Å². The van der Waals surface area contributed by atoms with Gasteiger partial charge in [-0.05, 0) is 31.2 Å². The first-order valence-electron chi connectivity index (χ1n) is 7.59. The van der Waals surface area contributed by atoms with Crippen LogP contribution >= 0.6 is 0 Å². The maximum Gasteiger partial charge on any atom is 0.225 e. The van der Waals surface area contributed by atoms with Gasteiger partial charge in [-0.3, -0.25) is 9.48 Å². The summed E-state index contributed by atoms with van der Waals surface area (Å²) in [4.78, 5) is 14.3. The molecule has 2 fully saturated rings. The van der Waals surface area contributed by atoms with Crippen molar-refractivity contribution in [3.05, 3.63) is 18.0 Å². The van der Waals surface area contributed by atoms with Gasteiger partial charge in [-0.15, -0.1) is 0 Å². The standard InChI is InChI=1S/C14H22N4O3S/c1-17-9-10(8-15-17)7-13-12(16-22(2,20)21)5-6-18(13)14(19)11-3-4-11/h8-9,11-13,16H,3-7H2,1-2H3/t12-,13?/m0/s1. The molecule has 0 bridgehead atoms. The van der Waals surface area contributed by atoms with Crippen molar-refractivity contribution in [2.45, 2.75) is 37.8 Å². The minimum Gasteiger partial charge on any atom is -0.337 e. The molecule has 1 aliphatic heterocycles. The summed E-state index contributed by atoms with van der Waals surface area (Å²) < 4.78 is 27.6. The lowest BCUT2D eigenvalue weighted by atomic mass is 10.0. The van der Waals surface area contributed by atoms with E-state index in [0.29, 0.717) is 19.4 Å². The molecule has 22 heavy (non-hydrogen) atoms. The fourth-order valence-corrected chi connectivity index (χ4v) is 4.00. The van der Waals surface area contributed by atoms with Crippen LogP contribution in [0, 0.1) is 5.92 Å². The molecule has 0 spiro atoms. The van der Waals surface area contributed by atoms with Gasteiger partial charge in [0.05, 0.1) is 18.5 Å². The second-order valence-electron chi connectivity index (χ2n) is 6.38. The first-order chi connectivity index (χ1) is 10.3. The number of hydrogen-bond acceptors (Lipinski definition) is 4. The van der Waals surface area contributed by atoms with Gasteiger partial charge in [-0.2, -0.15) is 5.10 Å². The van der Waals surface area contributed by atoms with Crippen molar-refractivity contribution in [1.29, 1.82) is 0 Å². The zero-order valence-electron chi connectivity index (χ0n) is 12.9. The Bertz CT molecular complexity index is 665. The van der Waals surface area contributed by atoms with E-state index >= 15 is 0 Å². The third kappa shape index (κ3) is 3.49. The quantitative estimate of drug-likeness (QED) is 0.818. The van der Waals surface area contributed by atoms with Crippen LogP contribution in [0.3, 0.4) is 0 Å². The minimum absolute atomic E-state index is 0.132. The molecule has 1 N–H and O–H groups in total. The summed E-state index contributed by atoms with van der Waals surface area (Å²) >= 11 is 0. The highest BCUT2D eigenvalue weighted by Crippen LogP contribution is 2.34. The number of likely N-dealkylation sites (tertiary alicyclic amines) is 1. The van der Waals surface area contributed by atoms with Gasteiger partial charge in [0, 0.05) is 31.7 Å². The first kappa shape index (κ1) is 15.5. The highest BCUT2D eigenvalue weighted by Gasteiger charge is 2.43. The summed E-state index contributed by atoms with van der Waals surface area (Å²) in [5.41, 5.74) is 1.02. The summed E-state index contributed by atoms with van der Waals surface area (Å²) in [5.74, 6) is 0.320. The zero-order chi connectivity index (χ0) is 15.9. The van der Waals surface area contributed by atoms with Crippen LogP contribution in [0.5, 0.6) is 0 Å². The van der Waals surface area contributed by atoms with Gasteiger partial charge < -0.3 is 4.90 Å². The molecule has 3 rings (SSSR count). The SMILES string of the molecule is Cn1cc(CC2[C@@H](NS(C)(=O)=O)CCN2C(=O)C2CC2)cn1. The minimum atomic E-state index is -3.29. The van der Waals surface area contributed by atoms with Crippen molar-refractivity contribution in [3.63, 3.8) is 0 Å². The highest BCUT2D eigenvalue weighted by molar-refractivity contribution is 7.88. The summed E-state index contributed by atoms with van der Waals surface area (Å²) in [7, 11) is -1.45. The van der Waals surface area contributed by atoms with Crippen molar-refractivity contribution in [2.75, 3.05) is 12.8 Å². The van der Waals surface area contributed by atoms with Crippen molar-refractivity contribution in [3.8, 4) is 0 Å². The molecule has 1 unspecified atom stereocenters. The number of aromatic nitrogens is 2. The summed E-state index contributed by atoms with van der Waals surface area (Å²) in [5, 5.41) is 4.15. The van der Waals surface area contributed by atoms with E-state index in [1.807, 2.05) is 18.1 Å². The van der Waals surface area contributed by atoms with Crippen LogP contribution in [-0.2, 0) is 28.3 Å². The molecule has 1 aromatic heterocycles. The molecule has 0 aromatic carbocycles. The van der Waals surface area contributed by atoms with Crippen LogP contribution in [0.1, 0.15) is 24.8 Å². The van der Waals surface area contributed by atoms with Crippen LogP contribution in [0.15, 0.2) is 12.4 Å². The number of amides is 1. The van der Waals surface area contributed by atoms with Gasteiger partial charge in [-0.25, -0.2) is 13.1 Å². The number of nitrogens with one attached hydrogen (secondary N) is 1. The summed E-state index contributed by atoms with van der Waals surface area (Å²) in [6.45, 7) is 0.619. The Labute approximate surface area is 130 Å². The third-order valence-electron chi connectivity index (χ3n) is 4.32. The van der Waals surface area contributed by atoms with Crippen molar-refractivity contribution < 1.29 is 13.2 Å². The Morgan fingerprint density at radius 2 is 2.14 bits per heavy atom. The average molecular weight is 326 g/mol. The highest BCUT2D eigenvalue weighted by atomic mass is 32.2. The topological polar surface area (TPSA) is 84.3 Å². The lowest BCUT2D eigenvalue weighted by Crippen LogP contribution is -2.48.